The van der Waals surface area contributed by atoms with E-state index in [1.54, 1.807) is 31.0 Å². The van der Waals surface area contributed by atoms with Crippen LogP contribution in [0.4, 0.5) is 9.18 Å². The number of nitrogens with one attached hydrogen (secondary N) is 1. The molecule has 1 aromatic rings. The quantitative estimate of drug-likeness (QED) is 0.838. The van der Waals surface area contributed by atoms with Crippen molar-refractivity contribution >= 4 is 6.03 Å². The summed E-state index contributed by atoms with van der Waals surface area (Å²) in [6.45, 7) is 2.99. The number of amides is 2. The number of urea groups is 1. The van der Waals surface area contributed by atoms with Gasteiger partial charge < -0.3 is 20.1 Å². The first kappa shape index (κ1) is 18.5. The van der Waals surface area contributed by atoms with Crippen molar-refractivity contribution in [2.24, 2.45) is 5.92 Å². The zero-order chi connectivity index (χ0) is 17.5. The van der Waals surface area contributed by atoms with E-state index in [1.807, 2.05) is 0 Å². The Labute approximate surface area is 142 Å². The van der Waals surface area contributed by atoms with E-state index in [4.69, 9.17) is 4.74 Å². The van der Waals surface area contributed by atoms with Crippen LogP contribution in [0.25, 0.3) is 0 Å². The Balaban J connectivity index is 1.82. The fraction of sp³-hybridized carbons (Fsp3) is 0.611. The highest BCUT2D eigenvalue weighted by atomic mass is 19.1. The van der Waals surface area contributed by atoms with E-state index in [1.165, 1.54) is 6.07 Å². The van der Waals surface area contributed by atoms with Crippen molar-refractivity contribution < 1.29 is 19.0 Å². The Morgan fingerprint density at radius 3 is 2.83 bits per heavy atom. The van der Waals surface area contributed by atoms with Crippen LogP contribution in [0.2, 0.25) is 0 Å². The van der Waals surface area contributed by atoms with Crippen molar-refractivity contribution in [3.63, 3.8) is 0 Å². The molecule has 0 aliphatic heterocycles. The van der Waals surface area contributed by atoms with Gasteiger partial charge in [0.25, 0.3) is 0 Å². The van der Waals surface area contributed by atoms with Crippen LogP contribution in [0.15, 0.2) is 18.2 Å². The summed E-state index contributed by atoms with van der Waals surface area (Å²) in [6, 6.07) is 4.46. The van der Waals surface area contributed by atoms with Gasteiger partial charge in [0.15, 0.2) is 11.6 Å². The molecule has 24 heavy (non-hydrogen) atoms. The van der Waals surface area contributed by atoms with E-state index in [9.17, 15) is 14.3 Å². The molecule has 2 amide bonds. The second kappa shape index (κ2) is 8.87. The third-order valence-corrected chi connectivity index (χ3v) is 4.46. The normalized spacial score (nSPS) is 20.5. The molecule has 2 N–H and O–H groups in total. The van der Waals surface area contributed by atoms with E-state index < -0.39 is 5.82 Å². The summed E-state index contributed by atoms with van der Waals surface area (Å²) >= 11 is 0. The highest BCUT2D eigenvalue weighted by molar-refractivity contribution is 5.73. The first-order chi connectivity index (χ1) is 11.5. The van der Waals surface area contributed by atoms with Gasteiger partial charge in [-0.1, -0.05) is 18.9 Å². The summed E-state index contributed by atoms with van der Waals surface area (Å²) in [5.41, 5.74) is 0.676. The largest absolute Gasteiger partial charge is 0.491 e. The third kappa shape index (κ3) is 5.09. The monoisotopic (exact) mass is 338 g/mol. The molecule has 134 valence electrons. The SMILES string of the molecule is CCOc1ccc(CNC(=O)N(C)C[C@H]2CCCC[C@@H]2O)cc1F. The molecule has 6 heteroatoms. The van der Waals surface area contributed by atoms with Crippen molar-refractivity contribution in [3.8, 4) is 5.75 Å². The van der Waals surface area contributed by atoms with Crippen molar-refractivity contribution in [1.29, 1.82) is 0 Å². The van der Waals surface area contributed by atoms with Crippen LogP contribution < -0.4 is 10.1 Å². The zero-order valence-corrected chi connectivity index (χ0v) is 14.4. The summed E-state index contributed by atoms with van der Waals surface area (Å²) in [4.78, 5) is 13.8. The smallest absolute Gasteiger partial charge is 0.317 e. The van der Waals surface area contributed by atoms with Crippen LogP contribution in [-0.2, 0) is 6.54 Å². The Morgan fingerprint density at radius 1 is 1.42 bits per heavy atom. The molecule has 0 unspecified atom stereocenters. The second-order valence-electron chi connectivity index (χ2n) is 6.35. The Kier molecular flexibility index (Phi) is 6.85. The van der Waals surface area contributed by atoms with E-state index in [-0.39, 0.29) is 30.3 Å². The van der Waals surface area contributed by atoms with Gasteiger partial charge in [-0.15, -0.1) is 0 Å². The van der Waals surface area contributed by atoms with Gasteiger partial charge in [-0.3, -0.25) is 0 Å². The highest BCUT2D eigenvalue weighted by Gasteiger charge is 2.25. The Bertz CT molecular complexity index is 553. The van der Waals surface area contributed by atoms with Crippen molar-refractivity contribution in [1.82, 2.24) is 10.2 Å². The summed E-state index contributed by atoms with van der Waals surface area (Å²) < 4.78 is 19.0. The van der Waals surface area contributed by atoms with E-state index in [0.29, 0.717) is 18.7 Å². The molecule has 0 bridgehead atoms. The van der Waals surface area contributed by atoms with E-state index in [0.717, 1.165) is 25.7 Å². The molecular weight excluding hydrogens is 311 g/mol. The minimum atomic E-state index is -0.428. The number of aliphatic hydroxyl groups is 1. The average Bonchev–Trinajstić information content (AvgIpc) is 2.57. The van der Waals surface area contributed by atoms with Gasteiger partial charge in [0.05, 0.1) is 12.7 Å². The molecule has 0 radical (unpaired) electrons. The van der Waals surface area contributed by atoms with Gasteiger partial charge in [-0.25, -0.2) is 9.18 Å². The minimum Gasteiger partial charge on any atom is -0.491 e. The highest BCUT2D eigenvalue weighted by Crippen LogP contribution is 2.25. The first-order valence-electron chi connectivity index (χ1n) is 8.59. The molecule has 2 atom stereocenters. The fourth-order valence-electron chi connectivity index (χ4n) is 3.08. The zero-order valence-electron chi connectivity index (χ0n) is 14.4. The number of ether oxygens (including phenoxy) is 1. The Hall–Kier alpha value is -1.82. The van der Waals surface area contributed by atoms with Crippen molar-refractivity contribution in [2.75, 3.05) is 20.2 Å². The van der Waals surface area contributed by atoms with Gasteiger partial charge in [0.2, 0.25) is 0 Å². The summed E-state index contributed by atoms with van der Waals surface area (Å²) in [5, 5.41) is 12.8. The maximum absolute atomic E-state index is 13.8. The lowest BCUT2D eigenvalue weighted by atomic mass is 9.86. The molecule has 1 fully saturated rings. The number of nitrogens with zero attached hydrogens (tertiary/aromatic N) is 1. The lowest BCUT2D eigenvalue weighted by molar-refractivity contribution is 0.0565. The van der Waals surface area contributed by atoms with Crippen LogP contribution in [0.5, 0.6) is 5.75 Å². The molecule has 5 nitrogen and oxygen atoms in total. The number of rotatable bonds is 6. The van der Waals surface area contributed by atoms with Crippen molar-refractivity contribution in [2.45, 2.75) is 45.3 Å². The fourth-order valence-corrected chi connectivity index (χ4v) is 3.08. The predicted molar refractivity (Wildman–Crippen MR) is 90.4 cm³/mol. The van der Waals surface area contributed by atoms with E-state index in [2.05, 4.69) is 5.32 Å². The molecule has 0 saturated heterocycles. The molecule has 0 heterocycles. The molecule has 2 rings (SSSR count). The lowest BCUT2D eigenvalue weighted by Gasteiger charge is -2.31. The van der Waals surface area contributed by atoms with Crippen LogP contribution in [0, 0.1) is 11.7 Å². The number of carbonyl (C=O) groups is 1. The van der Waals surface area contributed by atoms with Crippen molar-refractivity contribution in [3.05, 3.63) is 29.6 Å². The van der Waals surface area contributed by atoms with Crippen LogP contribution in [0.3, 0.4) is 0 Å². The lowest BCUT2D eigenvalue weighted by Crippen LogP contribution is -2.42. The summed E-state index contributed by atoms with van der Waals surface area (Å²) in [6.07, 6.45) is 3.59. The number of carbonyl (C=O) groups excluding carboxylic acids is 1. The molecule has 0 spiro atoms. The molecule has 1 aliphatic carbocycles. The van der Waals surface area contributed by atoms with Gasteiger partial charge in [-0.05, 0) is 37.5 Å². The Morgan fingerprint density at radius 2 is 2.17 bits per heavy atom. The first-order valence-corrected chi connectivity index (χ1v) is 8.59. The number of halogens is 1. The van der Waals surface area contributed by atoms with E-state index >= 15 is 0 Å². The molecule has 1 aromatic carbocycles. The molecular formula is C18H27FN2O3. The van der Waals surface area contributed by atoms with Crippen LogP contribution in [0.1, 0.15) is 38.2 Å². The number of benzene rings is 1. The van der Waals surface area contributed by atoms with Gasteiger partial charge in [-0.2, -0.15) is 0 Å². The summed E-state index contributed by atoms with van der Waals surface area (Å²) in [5.74, 6) is -0.0734. The van der Waals surface area contributed by atoms with Crippen LogP contribution in [-0.4, -0.2) is 42.3 Å². The van der Waals surface area contributed by atoms with Gasteiger partial charge >= 0.3 is 6.03 Å². The standard InChI is InChI=1S/C18H27FN2O3/c1-3-24-17-9-8-13(10-15(17)19)11-20-18(23)21(2)12-14-6-4-5-7-16(14)22/h8-10,14,16,22H,3-7,11-12H2,1-2H3,(H,20,23)/t14-,16+/m1/s1. The minimum absolute atomic E-state index is 0.137. The van der Waals surface area contributed by atoms with Gasteiger partial charge in [0, 0.05) is 26.1 Å². The third-order valence-electron chi connectivity index (χ3n) is 4.46. The average molecular weight is 338 g/mol. The maximum atomic E-state index is 13.8. The topological polar surface area (TPSA) is 61.8 Å². The van der Waals surface area contributed by atoms with Crippen LogP contribution >= 0.6 is 0 Å². The molecule has 1 aliphatic rings. The maximum Gasteiger partial charge on any atom is 0.317 e. The number of hydrogen-bond acceptors (Lipinski definition) is 3. The number of hydrogen-bond donors (Lipinski definition) is 2. The number of aliphatic hydroxyl groups excluding tert-OH is 1. The molecule has 0 aromatic heterocycles. The predicted octanol–water partition coefficient (Wildman–Crippen LogP) is 2.92. The van der Waals surface area contributed by atoms with Gasteiger partial charge in [0.1, 0.15) is 0 Å². The molecule has 1 saturated carbocycles. The summed E-state index contributed by atoms with van der Waals surface area (Å²) in [7, 11) is 1.72. The second-order valence-corrected chi connectivity index (χ2v) is 6.35.